The Kier molecular flexibility index (Phi) is 8.64. The molecule has 11 heteroatoms. The number of rotatable bonds is 8. The van der Waals surface area contributed by atoms with E-state index in [4.69, 9.17) is 9.47 Å². The van der Waals surface area contributed by atoms with E-state index in [0.717, 1.165) is 19.0 Å². The van der Waals surface area contributed by atoms with Gasteiger partial charge in [0.25, 0.3) is 0 Å². The number of thiophene rings is 3. The van der Waals surface area contributed by atoms with Gasteiger partial charge < -0.3 is 14.6 Å². The standard InChI is InChI=1S/C47H28O8S3/c48-38-29-15-7-8-16-30(29)39(49)33(38)19-27-20-35-37(47(27,45(52)54-23-25-11-3-1-4-12-25)46(53)55-24-26-13-5-2-6-14-26)43-44(57-35)42-36(58-43)22-28(56-42)21-34-40(50)31-17-9-10-18-32(31)41(34)51/h1-22,40,50H,23-24H2/b34-21+. The Morgan fingerprint density at radius 2 is 1.21 bits per heavy atom. The topological polar surface area (TPSA) is 124 Å². The summed E-state index contributed by atoms with van der Waals surface area (Å²) in [5, 5.41) is 11.0. The van der Waals surface area contributed by atoms with Crippen molar-refractivity contribution in [1.29, 1.82) is 0 Å². The second kappa shape index (κ2) is 13.9. The summed E-state index contributed by atoms with van der Waals surface area (Å²) >= 11 is 4.20. The predicted octanol–water partition coefficient (Wildman–Crippen LogP) is 9.62. The van der Waals surface area contributed by atoms with E-state index < -0.39 is 35.0 Å². The first kappa shape index (κ1) is 36.0. The van der Waals surface area contributed by atoms with Crippen molar-refractivity contribution in [2.75, 3.05) is 0 Å². The third kappa shape index (κ3) is 5.53. The van der Waals surface area contributed by atoms with Crippen molar-refractivity contribution in [1.82, 2.24) is 0 Å². The van der Waals surface area contributed by atoms with E-state index in [0.29, 0.717) is 43.0 Å². The Morgan fingerprint density at radius 3 is 1.81 bits per heavy atom. The van der Waals surface area contributed by atoms with Gasteiger partial charge in [0.1, 0.15) is 19.3 Å². The van der Waals surface area contributed by atoms with Crippen LogP contribution in [0.25, 0.3) is 31.0 Å². The van der Waals surface area contributed by atoms with Gasteiger partial charge in [-0.3, -0.25) is 24.0 Å². The van der Waals surface area contributed by atoms with E-state index in [1.807, 2.05) is 42.5 Å². The van der Waals surface area contributed by atoms with Gasteiger partial charge in [-0.25, -0.2) is 0 Å². The molecule has 4 aromatic carbocycles. The van der Waals surface area contributed by atoms with Gasteiger partial charge in [-0.15, -0.1) is 34.0 Å². The summed E-state index contributed by atoms with van der Waals surface area (Å²) in [6.45, 7) is -0.287. The Morgan fingerprint density at radius 1 is 0.638 bits per heavy atom. The lowest BCUT2D eigenvalue weighted by Gasteiger charge is -2.28. The zero-order valence-electron chi connectivity index (χ0n) is 30.2. The number of Topliss-reactive ketones (excluding diaryl/α,β-unsaturated/α-hetero) is 3. The minimum atomic E-state index is -2.20. The molecule has 0 aliphatic heterocycles. The Hall–Kier alpha value is -6.37. The van der Waals surface area contributed by atoms with Gasteiger partial charge in [-0.2, -0.15) is 0 Å². The largest absolute Gasteiger partial charge is 0.459 e. The molecule has 0 bridgehead atoms. The van der Waals surface area contributed by atoms with E-state index in [9.17, 15) is 19.5 Å². The molecule has 1 unspecified atom stereocenters. The number of fused-ring (bicyclic) bond motifs is 7. The third-order valence-electron chi connectivity index (χ3n) is 10.7. The fourth-order valence-electron chi connectivity index (χ4n) is 7.92. The number of ketones is 3. The third-order valence-corrected chi connectivity index (χ3v) is 14.5. The smallest absolute Gasteiger partial charge is 0.333 e. The molecule has 0 spiro atoms. The first-order valence-corrected chi connectivity index (χ1v) is 20.8. The number of esters is 2. The lowest BCUT2D eigenvalue weighted by Crippen LogP contribution is -2.46. The number of benzene rings is 4. The van der Waals surface area contributed by atoms with Crippen LogP contribution in [0.1, 0.15) is 69.2 Å². The maximum atomic E-state index is 15.0. The molecule has 1 N–H and O–H groups in total. The number of allylic oxidation sites excluding steroid dienone is 2. The molecular weight excluding hydrogens is 789 g/mol. The van der Waals surface area contributed by atoms with Crippen LogP contribution in [-0.4, -0.2) is 34.4 Å². The van der Waals surface area contributed by atoms with E-state index in [1.165, 1.54) is 40.1 Å². The fourth-order valence-corrected chi connectivity index (χ4v) is 12.2. The molecule has 58 heavy (non-hydrogen) atoms. The van der Waals surface area contributed by atoms with Gasteiger partial charge in [0.2, 0.25) is 5.41 Å². The average molecular weight is 817 g/mol. The minimum absolute atomic E-state index is 0.103. The second-order valence-corrected chi connectivity index (χ2v) is 17.3. The monoisotopic (exact) mass is 816 g/mol. The van der Waals surface area contributed by atoms with Crippen LogP contribution in [-0.2, 0) is 37.7 Å². The van der Waals surface area contributed by atoms with Crippen molar-refractivity contribution < 1.29 is 38.6 Å². The molecule has 0 saturated carbocycles. The maximum Gasteiger partial charge on any atom is 0.333 e. The Bertz CT molecular complexity index is 2920. The second-order valence-electron chi connectivity index (χ2n) is 14.1. The average Bonchev–Trinajstić information content (AvgIpc) is 4.06. The van der Waals surface area contributed by atoms with Gasteiger partial charge in [-0.05, 0) is 46.6 Å². The lowest BCUT2D eigenvalue weighted by molar-refractivity contribution is -0.164. The van der Waals surface area contributed by atoms with Gasteiger partial charge in [0.05, 0.1) is 19.7 Å². The number of aliphatic hydroxyl groups is 1. The molecule has 0 radical (unpaired) electrons. The van der Waals surface area contributed by atoms with E-state index in [-0.39, 0.29) is 41.3 Å². The number of aliphatic hydroxyl groups excluding tert-OH is 1. The number of hydrogen-bond acceptors (Lipinski definition) is 11. The van der Waals surface area contributed by atoms with Gasteiger partial charge in [0, 0.05) is 42.3 Å². The van der Waals surface area contributed by atoms with Crippen molar-refractivity contribution in [2.45, 2.75) is 24.7 Å². The first-order valence-electron chi connectivity index (χ1n) is 18.3. The van der Waals surface area contributed by atoms with Crippen LogP contribution in [0.15, 0.2) is 138 Å². The SMILES string of the molecule is O=C1C(=CC2=Cc3sc4c(sc5cc(/C=C6/C(=O)c7ccccc7C6O)sc54)c3C2(C(=O)OCc2ccccc2)C(=O)OCc2ccccc2)C(=O)c2ccccc21. The molecule has 0 amide bonds. The maximum absolute atomic E-state index is 15.0. The quantitative estimate of drug-likeness (QED) is 0.0697. The molecule has 1 atom stereocenters. The number of carbonyl (C=O) groups excluding carboxylic acids is 5. The summed E-state index contributed by atoms with van der Waals surface area (Å²) in [6, 6.07) is 33.7. The number of ether oxygens (including phenoxy) is 2. The fraction of sp³-hybridized carbons (Fsp3) is 0.0851. The molecule has 10 rings (SSSR count). The summed E-state index contributed by atoms with van der Waals surface area (Å²) in [5.41, 5.74) is 1.35. The zero-order chi connectivity index (χ0) is 39.7. The van der Waals surface area contributed by atoms with Gasteiger partial charge in [0.15, 0.2) is 17.3 Å². The highest BCUT2D eigenvalue weighted by Crippen LogP contribution is 2.57. The van der Waals surface area contributed by atoms with Crippen LogP contribution < -0.4 is 0 Å². The highest BCUT2D eigenvalue weighted by atomic mass is 32.1. The number of carbonyl (C=O) groups is 5. The van der Waals surface area contributed by atoms with Crippen LogP contribution in [0.4, 0.5) is 0 Å². The van der Waals surface area contributed by atoms with Crippen LogP contribution in [0.3, 0.4) is 0 Å². The van der Waals surface area contributed by atoms with Crippen molar-refractivity contribution in [3.63, 3.8) is 0 Å². The Balaban J connectivity index is 1.13. The van der Waals surface area contributed by atoms with Crippen molar-refractivity contribution >= 4 is 94.3 Å². The number of hydrogen-bond donors (Lipinski definition) is 1. The first-order chi connectivity index (χ1) is 28.2. The van der Waals surface area contributed by atoms with E-state index in [2.05, 4.69) is 0 Å². The lowest BCUT2D eigenvalue weighted by atomic mass is 9.76. The van der Waals surface area contributed by atoms with E-state index in [1.54, 1.807) is 84.9 Å². The summed E-state index contributed by atoms with van der Waals surface area (Å²) in [7, 11) is 0. The molecule has 7 aromatic rings. The van der Waals surface area contributed by atoms with E-state index >= 15 is 9.59 Å². The summed E-state index contributed by atoms with van der Waals surface area (Å²) in [5.74, 6) is -3.03. The summed E-state index contributed by atoms with van der Waals surface area (Å²) in [4.78, 5) is 72.1. The molecule has 3 aliphatic rings. The summed E-state index contributed by atoms with van der Waals surface area (Å²) < 4.78 is 15.3. The predicted molar refractivity (Wildman–Crippen MR) is 224 cm³/mol. The zero-order valence-corrected chi connectivity index (χ0v) is 32.7. The van der Waals surface area contributed by atoms with Gasteiger partial charge >= 0.3 is 11.9 Å². The molecule has 3 heterocycles. The van der Waals surface area contributed by atoms with Gasteiger partial charge in [-0.1, -0.05) is 109 Å². The van der Waals surface area contributed by atoms with Crippen LogP contribution >= 0.6 is 34.0 Å². The normalized spacial score (nSPS) is 17.2. The molecule has 0 saturated heterocycles. The van der Waals surface area contributed by atoms with Crippen LogP contribution in [0.2, 0.25) is 0 Å². The minimum Gasteiger partial charge on any atom is -0.459 e. The molecule has 3 aromatic heterocycles. The van der Waals surface area contributed by atoms with Crippen molar-refractivity contribution in [3.8, 4) is 0 Å². The van der Waals surface area contributed by atoms with Crippen molar-refractivity contribution in [2.24, 2.45) is 0 Å². The highest BCUT2D eigenvalue weighted by Gasteiger charge is 2.59. The van der Waals surface area contributed by atoms with Crippen molar-refractivity contribution in [3.05, 3.63) is 187 Å². The molecule has 3 aliphatic carbocycles. The molecule has 8 nitrogen and oxygen atoms in total. The highest BCUT2D eigenvalue weighted by molar-refractivity contribution is 7.39. The molecular formula is C47H28O8S3. The van der Waals surface area contributed by atoms with Crippen LogP contribution in [0, 0.1) is 0 Å². The Labute approximate surface area is 342 Å². The molecule has 0 fully saturated rings. The molecule has 282 valence electrons. The van der Waals surface area contributed by atoms with Crippen LogP contribution in [0.5, 0.6) is 0 Å². The summed E-state index contributed by atoms with van der Waals surface area (Å²) in [6.07, 6.45) is 3.73.